The molecule has 0 saturated carbocycles. The second-order valence-electron chi connectivity index (χ2n) is 6.58. The Morgan fingerprint density at radius 1 is 0.900 bits per heavy atom. The van der Waals surface area contributed by atoms with E-state index in [4.69, 9.17) is 17.3 Å². The summed E-state index contributed by atoms with van der Waals surface area (Å²) in [5.74, 6) is 0.732. The minimum atomic E-state index is 0.113. The molecule has 1 aromatic heterocycles. The number of nitrogens with zero attached hydrogens (tertiary/aromatic N) is 3. The summed E-state index contributed by atoms with van der Waals surface area (Å²) < 4.78 is 0. The van der Waals surface area contributed by atoms with Crippen molar-refractivity contribution in [2.24, 2.45) is 0 Å². The predicted molar refractivity (Wildman–Crippen MR) is 122 cm³/mol. The summed E-state index contributed by atoms with van der Waals surface area (Å²) in [7, 11) is 0. The number of benzene rings is 3. The second-order valence-corrected chi connectivity index (χ2v) is 7.99. The first-order valence-corrected chi connectivity index (χ1v) is 10.5. The smallest absolute Gasteiger partial charge is 0.143 e. The molecule has 0 aliphatic heterocycles. The highest BCUT2D eigenvalue weighted by Crippen LogP contribution is 2.37. The number of anilines is 1. The van der Waals surface area contributed by atoms with Crippen LogP contribution >= 0.6 is 23.4 Å². The van der Waals surface area contributed by atoms with Crippen molar-refractivity contribution in [3.63, 3.8) is 0 Å². The normalized spacial score (nSPS) is 10.5. The van der Waals surface area contributed by atoms with Crippen LogP contribution in [-0.2, 0) is 5.75 Å². The molecule has 0 fully saturated rings. The molecule has 4 rings (SSSR count). The largest absolute Gasteiger partial charge is 0.383 e. The number of rotatable bonds is 4. The molecule has 6 heteroatoms. The van der Waals surface area contributed by atoms with Crippen molar-refractivity contribution in [3.8, 4) is 23.3 Å². The summed E-state index contributed by atoms with van der Waals surface area (Å²) in [5.41, 5.74) is 8.97. The number of halogens is 1. The second kappa shape index (κ2) is 8.47. The van der Waals surface area contributed by atoms with Gasteiger partial charge in [-0.1, -0.05) is 66.2 Å². The molecule has 144 valence electrons. The Hall–Kier alpha value is -3.51. The summed E-state index contributed by atoms with van der Waals surface area (Å²) >= 11 is 7.44. The Morgan fingerprint density at radius 3 is 2.33 bits per heavy atom. The van der Waals surface area contributed by atoms with Crippen molar-refractivity contribution in [3.05, 3.63) is 88.4 Å². The van der Waals surface area contributed by atoms with E-state index in [9.17, 15) is 10.5 Å². The van der Waals surface area contributed by atoms with Crippen LogP contribution in [0.25, 0.3) is 21.9 Å². The number of nitriles is 2. The number of nitrogens with two attached hydrogens (primary N) is 1. The third-order valence-corrected chi connectivity index (χ3v) is 6.07. The first kappa shape index (κ1) is 19.8. The van der Waals surface area contributed by atoms with Crippen LogP contribution in [0.15, 0.2) is 71.8 Å². The lowest BCUT2D eigenvalue weighted by molar-refractivity contribution is 1.11. The average molecular weight is 427 g/mol. The quantitative estimate of drug-likeness (QED) is 0.394. The number of hydrogen-bond acceptors (Lipinski definition) is 5. The molecule has 0 unspecified atom stereocenters. The number of hydrogen-bond donors (Lipinski definition) is 1. The summed E-state index contributed by atoms with van der Waals surface area (Å²) in [4.78, 5) is 4.38. The van der Waals surface area contributed by atoms with Crippen LogP contribution in [0.2, 0.25) is 5.02 Å². The lowest BCUT2D eigenvalue weighted by atomic mass is 9.97. The molecular formula is C24H15ClN4S. The van der Waals surface area contributed by atoms with Gasteiger partial charge in [0.25, 0.3) is 0 Å². The molecule has 30 heavy (non-hydrogen) atoms. The number of fused-ring (bicyclic) bond motifs is 1. The zero-order valence-electron chi connectivity index (χ0n) is 15.8. The molecule has 0 bridgehead atoms. The van der Waals surface area contributed by atoms with Gasteiger partial charge in [0.1, 0.15) is 28.5 Å². The van der Waals surface area contributed by atoms with E-state index in [1.54, 1.807) is 24.3 Å². The summed E-state index contributed by atoms with van der Waals surface area (Å²) in [6, 6.07) is 25.6. The fourth-order valence-electron chi connectivity index (χ4n) is 3.37. The van der Waals surface area contributed by atoms with Crippen LogP contribution in [0.4, 0.5) is 5.82 Å². The maximum atomic E-state index is 9.92. The Bertz CT molecular complexity index is 1330. The van der Waals surface area contributed by atoms with Gasteiger partial charge in [0.15, 0.2) is 0 Å². The summed E-state index contributed by atoms with van der Waals surface area (Å²) in [6.45, 7) is 0. The Balaban J connectivity index is 1.80. The SMILES string of the molecule is N#Cc1c(N)nc(SCc2cccc3ccccc23)c(C#N)c1-c1ccc(Cl)cc1. The highest BCUT2D eigenvalue weighted by molar-refractivity contribution is 7.98. The fourth-order valence-corrected chi connectivity index (χ4v) is 4.50. The van der Waals surface area contributed by atoms with Gasteiger partial charge in [0.2, 0.25) is 0 Å². The van der Waals surface area contributed by atoms with Crippen molar-refractivity contribution in [2.75, 3.05) is 5.73 Å². The maximum Gasteiger partial charge on any atom is 0.143 e. The lowest BCUT2D eigenvalue weighted by Gasteiger charge is -2.13. The van der Waals surface area contributed by atoms with E-state index >= 15 is 0 Å². The topological polar surface area (TPSA) is 86.5 Å². The summed E-state index contributed by atoms with van der Waals surface area (Å²) in [6.07, 6.45) is 0. The minimum Gasteiger partial charge on any atom is -0.383 e. The lowest BCUT2D eigenvalue weighted by Crippen LogP contribution is -2.03. The molecule has 2 N–H and O–H groups in total. The maximum absolute atomic E-state index is 9.92. The Morgan fingerprint density at radius 2 is 1.60 bits per heavy atom. The molecule has 4 nitrogen and oxygen atoms in total. The molecule has 1 heterocycles. The van der Waals surface area contributed by atoms with Crippen molar-refractivity contribution in [2.45, 2.75) is 10.8 Å². The Kier molecular flexibility index (Phi) is 5.59. The van der Waals surface area contributed by atoms with Gasteiger partial charge in [-0.15, -0.1) is 11.8 Å². The van der Waals surface area contributed by atoms with E-state index in [2.05, 4.69) is 41.4 Å². The average Bonchev–Trinajstić information content (AvgIpc) is 2.77. The van der Waals surface area contributed by atoms with Gasteiger partial charge in [0, 0.05) is 16.3 Å². The third-order valence-electron chi connectivity index (χ3n) is 4.79. The van der Waals surface area contributed by atoms with Gasteiger partial charge in [-0.2, -0.15) is 10.5 Å². The molecule has 0 atom stereocenters. The van der Waals surface area contributed by atoms with Crippen LogP contribution in [0, 0.1) is 22.7 Å². The van der Waals surface area contributed by atoms with Crippen molar-refractivity contribution in [1.82, 2.24) is 4.98 Å². The van der Waals surface area contributed by atoms with Crippen molar-refractivity contribution < 1.29 is 0 Å². The van der Waals surface area contributed by atoms with Crippen LogP contribution < -0.4 is 5.73 Å². The highest BCUT2D eigenvalue weighted by atomic mass is 35.5. The van der Waals surface area contributed by atoms with Crippen molar-refractivity contribution in [1.29, 1.82) is 10.5 Å². The van der Waals surface area contributed by atoms with Gasteiger partial charge in [-0.3, -0.25) is 0 Å². The predicted octanol–water partition coefficient (Wildman–Crippen LogP) is 6.17. The van der Waals surface area contributed by atoms with Crippen LogP contribution in [0.3, 0.4) is 0 Å². The first-order chi connectivity index (χ1) is 14.6. The van der Waals surface area contributed by atoms with Crippen molar-refractivity contribution >= 4 is 40.0 Å². The van der Waals surface area contributed by atoms with Gasteiger partial charge >= 0.3 is 0 Å². The summed E-state index contributed by atoms with van der Waals surface area (Å²) in [5, 5.41) is 22.9. The van der Waals surface area contributed by atoms with Gasteiger partial charge in [-0.05, 0) is 34.0 Å². The fraction of sp³-hybridized carbons (Fsp3) is 0.0417. The standard InChI is InChI=1S/C24H15ClN4S/c25-18-10-8-16(9-11-18)22-20(12-26)23(28)29-24(21(22)13-27)30-14-17-6-3-5-15-4-1-2-7-19(15)17/h1-11H,14H2,(H2,28,29). The molecule has 0 saturated heterocycles. The van der Waals surface area contributed by atoms with E-state index < -0.39 is 0 Å². The molecular weight excluding hydrogens is 412 g/mol. The van der Waals surface area contributed by atoms with Crippen LogP contribution in [0.5, 0.6) is 0 Å². The number of nitrogen functional groups attached to an aromatic ring is 1. The highest BCUT2D eigenvalue weighted by Gasteiger charge is 2.20. The monoisotopic (exact) mass is 426 g/mol. The molecule has 3 aromatic carbocycles. The van der Waals surface area contributed by atoms with Crippen LogP contribution in [0.1, 0.15) is 16.7 Å². The van der Waals surface area contributed by atoms with Crippen LogP contribution in [-0.4, -0.2) is 4.98 Å². The van der Waals surface area contributed by atoms with E-state index in [-0.39, 0.29) is 11.4 Å². The molecule has 0 radical (unpaired) electrons. The Labute approximate surface area is 183 Å². The molecule has 4 aromatic rings. The van der Waals surface area contributed by atoms with Gasteiger partial charge in [-0.25, -0.2) is 4.98 Å². The van der Waals surface area contributed by atoms with E-state index in [1.165, 1.54) is 11.8 Å². The first-order valence-electron chi connectivity index (χ1n) is 9.11. The van der Waals surface area contributed by atoms with Gasteiger partial charge in [0.05, 0.1) is 5.56 Å². The minimum absolute atomic E-state index is 0.113. The number of thioether (sulfide) groups is 1. The molecule has 0 amide bonds. The molecule has 0 aliphatic rings. The van der Waals surface area contributed by atoms with E-state index in [0.29, 0.717) is 32.5 Å². The molecule has 0 spiro atoms. The molecule has 0 aliphatic carbocycles. The van der Waals surface area contributed by atoms with Gasteiger partial charge < -0.3 is 5.73 Å². The number of pyridine rings is 1. The third kappa shape index (κ3) is 3.69. The zero-order valence-corrected chi connectivity index (χ0v) is 17.3. The zero-order chi connectivity index (χ0) is 21.1. The number of aromatic nitrogens is 1. The van der Waals surface area contributed by atoms with E-state index in [0.717, 1.165) is 16.3 Å². The van der Waals surface area contributed by atoms with E-state index in [1.807, 2.05) is 18.2 Å².